The van der Waals surface area contributed by atoms with Gasteiger partial charge in [0.2, 0.25) is 15.0 Å². The van der Waals surface area contributed by atoms with Crippen LogP contribution in [0.15, 0.2) is 41.7 Å². The number of nitrogens with zero attached hydrogens (tertiary/aromatic N) is 2. The maximum atomic E-state index is 13.1. The van der Waals surface area contributed by atoms with Gasteiger partial charge < -0.3 is 0 Å². The summed E-state index contributed by atoms with van der Waals surface area (Å²) in [6.07, 6.45) is -3.72. The second-order valence-corrected chi connectivity index (χ2v) is 6.29. The van der Waals surface area contributed by atoms with E-state index in [0.29, 0.717) is 12.5 Å². The molecule has 2 aromatic rings. The van der Waals surface area contributed by atoms with Crippen molar-refractivity contribution in [2.24, 2.45) is 0 Å². The molecular weight excluding hydrogens is 321 g/mol. The topological polar surface area (TPSA) is 77.0 Å². The van der Waals surface area contributed by atoms with E-state index in [9.17, 15) is 26.4 Å². The molecule has 0 bridgehead atoms. The van der Waals surface area contributed by atoms with Crippen molar-refractivity contribution in [3.63, 3.8) is 0 Å². The van der Waals surface area contributed by atoms with Crippen molar-refractivity contribution in [1.29, 1.82) is 0 Å². The van der Waals surface area contributed by atoms with Gasteiger partial charge in [0.25, 0.3) is 0 Å². The lowest BCUT2D eigenvalue weighted by molar-refractivity contribution is -0.142. The predicted octanol–water partition coefficient (Wildman–Crippen LogP) is 2.13. The molecule has 5 nitrogen and oxygen atoms in total. The summed E-state index contributed by atoms with van der Waals surface area (Å²) in [4.78, 5) is 18.5. The highest BCUT2D eigenvalue weighted by Gasteiger charge is 2.39. The normalized spacial score (nSPS) is 12.2. The lowest BCUT2D eigenvalue weighted by Crippen LogP contribution is -2.19. The lowest BCUT2D eigenvalue weighted by atomic mass is 10.0. The van der Waals surface area contributed by atoms with Gasteiger partial charge in [-0.3, -0.25) is 4.79 Å². The molecule has 0 N–H and O–H groups in total. The van der Waals surface area contributed by atoms with E-state index in [-0.39, 0.29) is 5.56 Å². The molecule has 9 heteroatoms. The number of ketones is 1. The molecule has 0 unspecified atom stereocenters. The Morgan fingerprint density at radius 3 is 2.23 bits per heavy atom. The molecule has 0 spiro atoms. The summed E-state index contributed by atoms with van der Waals surface area (Å²) >= 11 is 0. The Balaban J connectivity index is 2.64. The molecule has 1 heterocycles. The fourth-order valence-corrected chi connectivity index (χ4v) is 2.17. The highest BCUT2D eigenvalue weighted by Crippen LogP contribution is 2.31. The van der Waals surface area contributed by atoms with Crippen LogP contribution < -0.4 is 0 Å². The van der Waals surface area contributed by atoms with Crippen LogP contribution in [0.4, 0.5) is 13.2 Å². The first-order valence-corrected chi connectivity index (χ1v) is 7.74. The molecule has 1 aromatic carbocycles. The maximum absolute atomic E-state index is 13.1. The zero-order valence-electron chi connectivity index (χ0n) is 11.1. The molecule has 0 saturated heterocycles. The fourth-order valence-electron chi connectivity index (χ4n) is 1.67. The summed E-state index contributed by atoms with van der Waals surface area (Å²) in [5.74, 6) is -0.937. The van der Waals surface area contributed by atoms with Crippen molar-refractivity contribution >= 4 is 15.6 Å². The third kappa shape index (κ3) is 3.30. The van der Waals surface area contributed by atoms with E-state index in [1.165, 1.54) is 24.3 Å². The summed E-state index contributed by atoms with van der Waals surface area (Å²) in [6.45, 7) is 0. The van der Waals surface area contributed by atoms with Crippen LogP contribution >= 0.6 is 0 Å². The number of carbonyl (C=O) groups is 1. The van der Waals surface area contributed by atoms with Crippen molar-refractivity contribution in [1.82, 2.24) is 9.97 Å². The zero-order chi connectivity index (χ0) is 16.5. The molecule has 0 fully saturated rings. The number of carbonyl (C=O) groups excluding carboxylic acids is 1. The molecule has 116 valence electrons. The third-order valence-electron chi connectivity index (χ3n) is 2.65. The van der Waals surface area contributed by atoms with Crippen LogP contribution in [0.3, 0.4) is 0 Å². The molecular formula is C13H9F3N2O3S. The summed E-state index contributed by atoms with van der Waals surface area (Å²) in [6, 6.07) is 7.27. The number of hydrogen-bond donors (Lipinski definition) is 0. The average Bonchev–Trinajstić information content (AvgIpc) is 2.45. The van der Waals surface area contributed by atoms with Crippen molar-refractivity contribution in [2.75, 3.05) is 6.26 Å². The van der Waals surface area contributed by atoms with Gasteiger partial charge in [-0.05, 0) is 0 Å². The maximum Gasteiger partial charge on any atom is 0.434 e. The van der Waals surface area contributed by atoms with Crippen LogP contribution in [0.2, 0.25) is 0 Å². The Labute approximate surface area is 123 Å². The van der Waals surface area contributed by atoms with E-state index < -0.39 is 38.2 Å². The number of benzene rings is 1. The average molecular weight is 330 g/mol. The Hall–Kier alpha value is -2.29. The van der Waals surface area contributed by atoms with Crippen LogP contribution in [0.25, 0.3) is 0 Å². The van der Waals surface area contributed by atoms with Crippen LogP contribution in [-0.2, 0) is 16.0 Å². The number of sulfone groups is 1. The van der Waals surface area contributed by atoms with Gasteiger partial charge in [0.1, 0.15) is 0 Å². The monoisotopic (exact) mass is 330 g/mol. The number of aromatic nitrogens is 2. The Morgan fingerprint density at radius 1 is 1.14 bits per heavy atom. The first kappa shape index (κ1) is 16.1. The van der Waals surface area contributed by atoms with E-state index in [2.05, 4.69) is 9.97 Å². The van der Waals surface area contributed by atoms with E-state index >= 15 is 0 Å². The van der Waals surface area contributed by atoms with E-state index in [1.54, 1.807) is 6.07 Å². The second-order valence-electron chi connectivity index (χ2n) is 4.38. The van der Waals surface area contributed by atoms with E-state index in [0.717, 1.165) is 0 Å². The lowest BCUT2D eigenvalue weighted by Gasteiger charge is -2.11. The number of hydrogen-bond acceptors (Lipinski definition) is 5. The van der Waals surface area contributed by atoms with Crippen LogP contribution in [0.5, 0.6) is 0 Å². The molecule has 0 radical (unpaired) electrons. The van der Waals surface area contributed by atoms with Gasteiger partial charge >= 0.3 is 6.18 Å². The first-order chi connectivity index (χ1) is 10.1. The SMILES string of the molecule is CS(=O)(=O)c1ncc(C(=O)c2ccccc2)c(C(F)(F)F)n1. The summed E-state index contributed by atoms with van der Waals surface area (Å²) < 4.78 is 61.7. The van der Waals surface area contributed by atoms with Gasteiger partial charge in [0.05, 0.1) is 5.56 Å². The van der Waals surface area contributed by atoms with Gasteiger partial charge in [-0.2, -0.15) is 13.2 Å². The fraction of sp³-hybridized carbons (Fsp3) is 0.154. The smallest absolute Gasteiger partial charge is 0.288 e. The van der Waals surface area contributed by atoms with Gasteiger partial charge in [-0.1, -0.05) is 30.3 Å². The molecule has 0 aliphatic carbocycles. The molecule has 0 aliphatic rings. The van der Waals surface area contributed by atoms with Crippen LogP contribution in [0.1, 0.15) is 21.6 Å². The Morgan fingerprint density at radius 2 is 1.73 bits per heavy atom. The number of rotatable bonds is 3. The van der Waals surface area contributed by atoms with E-state index in [1.807, 2.05) is 0 Å². The van der Waals surface area contributed by atoms with Gasteiger partial charge in [-0.25, -0.2) is 18.4 Å². The minimum absolute atomic E-state index is 0.0173. The predicted molar refractivity (Wildman–Crippen MR) is 70.0 cm³/mol. The number of halogens is 3. The molecule has 0 amide bonds. The molecule has 0 saturated carbocycles. The third-order valence-corrected chi connectivity index (χ3v) is 3.51. The van der Waals surface area contributed by atoms with Crippen molar-refractivity contribution < 1.29 is 26.4 Å². The molecule has 0 atom stereocenters. The van der Waals surface area contributed by atoms with Crippen molar-refractivity contribution in [3.05, 3.63) is 53.3 Å². The van der Waals surface area contributed by atoms with Crippen molar-refractivity contribution in [2.45, 2.75) is 11.3 Å². The second kappa shape index (κ2) is 5.48. The van der Waals surface area contributed by atoms with E-state index in [4.69, 9.17) is 0 Å². The highest BCUT2D eigenvalue weighted by molar-refractivity contribution is 7.90. The summed E-state index contributed by atoms with van der Waals surface area (Å²) in [5, 5.41) is -0.982. The minimum Gasteiger partial charge on any atom is -0.288 e. The minimum atomic E-state index is -4.98. The van der Waals surface area contributed by atoms with Gasteiger partial charge in [0, 0.05) is 18.0 Å². The van der Waals surface area contributed by atoms with Crippen molar-refractivity contribution in [3.8, 4) is 0 Å². The van der Waals surface area contributed by atoms with Crippen LogP contribution in [0, 0.1) is 0 Å². The summed E-state index contributed by atoms with van der Waals surface area (Å²) in [7, 11) is -4.03. The summed E-state index contributed by atoms with van der Waals surface area (Å²) in [5.41, 5.74) is -2.36. The first-order valence-electron chi connectivity index (χ1n) is 5.85. The van der Waals surface area contributed by atoms with Crippen LogP contribution in [-0.4, -0.2) is 30.4 Å². The molecule has 2 rings (SSSR count). The zero-order valence-corrected chi connectivity index (χ0v) is 11.9. The largest absolute Gasteiger partial charge is 0.434 e. The Bertz CT molecular complexity index is 818. The number of alkyl halides is 3. The molecule has 1 aromatic heterocycles. The van der Waals surface area contributed by atoms with Gasteiger partial charge in [-0.15, -0.1) is 0 Å². The highest BCUT2D eigenvalue weighted by atomic mass is 32.2. The quantitative estimate of drug-likeness (QED) is 0.636. The molecule has 0 aliphatic heterocycles. The molecule has 22 heavy (non-hydrogen) atoms. The van der Waals surface area contributed by atoms with Gasteiger partial charge in [0.15, 0.2) is 11.5 Å². The Kier molecular flexibility index (Phi) is 4.01. The standard InChI is InChI=1S/C13H9F3N2O3S/c1-22(20,21)12-17-7-9(11(18-12)13(14,15)16)10(19)8-5-3-2-4-6-8/h2-7H,1H3.